The Balaban J connectivity index is 2.52. The molecule has 1 heterocycles. The summed E-state index contributed by atoms with van der Waals surface area (Å²) in [4.78, 5) is 3.98. The molecule has 0 N–H and O–H groups in total. The molecule has 0 unspecified atom stereocenters. The fraction of sp³-hybridized carbons (Fsp3) is 0. The van der Waals surface area contributed by atoms with Crippen molar-refractivity contribution in [3.63, 3.8) is 0 Å². The van der Waals surface area contributed by atoms with Crippen LogP contribution in [0.3, 0.4) is 0 Å². The van der Waals surface area contributed by atoms with Crippen molar-refractivity contribution in [2.24, 2.45) is 4.99 Å². The van der Waals surface area contributed by atoms with Gasteiger partial charge in [-0.15, -0.1) is 0 Å². The molecule has 0 saturated heterocycles. The number of rotatable bonds is 0. The van der Waals surface area contributed by atoms with Gasteiger partial charge in [-0.3, -0.25) is 4.99 Å². The number of ether oxygens (including phenoxy) is 1. The van der Waals surface area contributed by atoms with Crippen molar-refractivity contribution in [3.8, 4) is 5.75 Å². The lowest BCUT2D eigenvalue weighted by molar-refractivity contribution is 0.481. The van der Waals surface area contributed by atoms with Gasteiger partial charge in [-0.1, -0.05) is 12.1 Å². The molecule has 0 spiro atoms. The fourth-order valence-electron chi connectivity index (χ4n) is 0.957. The molecular formula is C9H7NO. The lowest BCUT2D eigenvalue weighted by Gasteiger charge is -1.99. The van der Waals surface area contributed by atoms with Crippen LogP contribution in [0.15, 0.2) is 41.7 Å². The van der Waals surface area contributed by atoms with Gasteiger partial charge in [0.05, 0.1) is 6.20 Å². The van der Waals surface area contributed by atoms with E-state index in [9.17, 15) is 0 Å². The monoisotopic (exact) mass is 145 g/mol. The van der Waals surface area contributed by atoms with E-state index in [-0.39, 0.29) is 0 Å². The summed E-state index contributed by atoms with van der Waals surface area (Å²) < 4.78 is 5.24. The van der Waals surface area contributed by atoms with Crippen molar-refractivity contribution < 1.29 is 4.74 Å². The Morgan fingerprint density at radius 2 is 2.09 bits per heavy atom. The molecule has 0 amide bonds. The van der Waals surface area contributed by atoms with Gasteiger partial charge in [-0.25, -0.2) is 0 Å². The Bertz CT molecular complexity index is 315. The minimum atomic E-state index is 0.852. The quantitative estimate of drug-likeness (QED) is 0.547. The second-order valence-corrected chi connectivity index (χ2v) is 2.22. The van der Waals surface area contributed by atoms with Crippen LogP contribution >= 0.6 is 0 Å². The molecular weight excluding hydrogens is 138 g/mol. The second-order valence-electron chi connectivity index (χ2n) is 2.22. The third-order valence-electron chi connectivity index (χ3n) is 1.47. The van der Waals surface area contributed by atoms with E-state index in [2.05, 4.69) is 4.99 Å². The molecule has 2 rings (SSSR count). The highest BCUT2D eigenvalue weighted by atomic mass is 16.5. The SMILES string of the molecule is C1=COc2ccccc2C=N1. The first kappa shape index (κ1) is 6.16. The summed E-state index contributed by atoms with van der Waals surface area (Å²) >= 11 is 0. The zero-order valence-electron chi connectivity index (χ0n) is 5.90. The van der Waals surface area contributed by atoms with Gasteiger partial charge in [-0.2, -0.15) is 0 Å². The van der Waals surface area contributed by atoms with Crippen LogP contribution in [0.5, 0.6) is 5.75 Å². The number of fused-ring (bicyclic) bond motifs is 1. The summed E-state index contributed by atoms with van der Waals surface area (Å²) in [6, 6.07) is 7.77. The number of hydrogen-bond donors (Lipinski definition) is 0. The maximum absolute atomic E-state index is 5.24. The van der Waals surface area contributed by atoms with Crippen LogP contribution in [0.2, 0.25) is 0 Å². The number of benzene rings is 1. The Labute approximate surface area is 64.8 Å². The van der Waals surface area contributed by atoms with Gasteiger partial charge >= 0.3 is 0 Å². The number of nitrogens with zero attached hydrogens (tertiary/aromatic N) is 1. The molecule has 0 atom stereocenters. The number of aliphatic imine (C=N–C) groups is 1. The standard InChI is InChI=1S/C9H7NO/c1-2-4-9-8(3-1)7-10-5-6-11-9/h1-7H. The Kier molecular flexibility index (Phi) is 1.44. The summed E-state index contributed by atoms with van der Waals surface area (Å²) in [5, 5.41) is 0. The summed E-state index contributed by atoms with van der Waals surface area (Å²) in [5.41, 5.74) is 1.01. The third-order valence-corrected chi connectivity index (χ3v) is 1.47. The molecule has 0 aromatic heterocycles. The lowest BCUT2D eigenvalue weighted by Crippen LogP contribution is -1.85. The van der Waals surface area contributed by atoms with Crippen molar-refractivity contribution in [1.82, 2.24) is 0 Å². The molecule has 1 aromatic rings. The summed E-state index contributed by atoms with van der Waals surface area (Å²) in [5.74, 6) is 0.852. The lowest BCUT2D eigenvalue weighted by atomic mass is 10.2. The molecule has 0 bridgehead atoms. The van der Waals surface area contributed by atoms with E-state index in [1.807, 2.05) is 24.3 Å². The third kappa shape index (κ3) is 1.15. The van der Waals surface area contributed by atoms with Crippen molar-refractivity contribution in [2.75, 3.05) is 0 Å². The number of para-hydroxylation sites is 1. The van der Waals surface area contributed by atoms with Crippen LogP contribution in [-0.2, 0) is 0 Å². The zero-order chi connectivity index (χ0) is 7.52. The van der Waals surface area contributed by atoms with E-state index in [0.717, 1.165) is 11.3 Å². The van der Waals surface area contributed by atoms with Crippen molar-refractivity contribution in [2.45, 2.75) is 0 Å². The Morgan fingerprint density at radius 3 is 3.09 bits per heavy atom. The Morgan fingerprint density at radius 1 is 1.18 bits per heavy atom. The van der Waals surface area contributed by atoms with Crippen LogP contribution in [0.25, 0.3) is 0 Å². The van der Waals surface area contributed by atoms with E-state index in [4.69, 9.17) is 4.74 Å². The van der Waals surface area contributed by atoms with Crippen LogP contribution in [0, 0.1) is 0 Å². The van der Waals surface area contributed by atoms with Gasteiger partial charge in [-0.05, 0) is 12.1 Å². The van der Waals surface area contributed by atoms with Crippen LogP contribution in [-0.4, -0.2) is 6.21 Å². The molecule has 0 radical (unpaired) electrons. The normalized spacial score (nSPS) is 13.5. The maximum atomic E-state index is 5.24. The first-order valence-corrected chi connectivity index (χ1v) is 3.41. The minimum Gasteiger partial charge on any atom is -0.463 e. The van der Waals surface area contributed by atoms with E-state index in [0.29, 0.717) is 0 Å². The first-order valence-electron chi connectivity index (χ1n) is 3.41. The Hall–Kier alpha value is -1.57. The number of hydrogen-bond acceptors (Lipinski definition) is 2. The average Bonchev–Trinajstić information content (AvgIpc) is 2.28. The van der Waals surface area contributed by atoms with E-state index >= 15 is 0 Å². The summed E-state index contributed by atoms with van der Waals surface area (Å²) in [6.07, 6.45) is 4.97. The molecule has 11 heavy (non-hydrogen) atoms. The van der Waals surface area contributed by atoms with E-state index in [1.165, 1.54) is 0 Å². The molecule has 1 aliphatic rings. The average molecular weight is 145 g/mol. The van der Waals surface area contributed by atoms with Crippen molar-refractivity contribution in [3.05, 3.63) is 42.3 Å². The smallest absolute Gasteiger partial charge is 0.135 e. The van der Waals surface area contributed by atoms with Crippen LogP contribution < -0.4 is 4.74 Å². The highest BCUT2D eigenvalue weighted by Crippen LogP contribution is 2.17. The predicted octanol–water partition coefficient (Wildman–Crippen LogP) is 1.97. The van der Waals surface area contributed by atoms with Crippen molar-refractivity contribution in [1.29, 1.82) is 0 Å². The highest BCUT2D eigenvalue weighted by Gasteiger charge is 1.98. The topological polar surface area (TPSA) is 21.6 Å². The molecule has 54 valence electrons. The largest absolute Gasteiger partial charge is 0.463 e. The summed E-state index contributed by atoms with van der Waals surface area (Å²) in [7, 11) is 0. The van der Waals surface area contributed by atoms with Gasteiger partial charge in [0, 0.05) is 11.8 Å². The maximum Gasteiger partial charge on any atom is 0.135 e. The molecule has 1 aromatic carbocycles. The van der Waals surface area contributed by atoms with Gasteiger partial charge in [0.2, 0.25) is 0 Å². The summed E-state index contributed by atoms with van der Waals surface area (Å²) in [6.45, 7) is 0. The molecule has 0 fully saturated rings. The predicted molar refractivity (Wildman–Crippen MR) is 43.8 cm³/mol. The van der Waals surface area contributed by atoms with Gasteiger partial charge in [0.1, 0.15) is 12.0 Å². The van der Waals surface area contributed by atoms with E-state index < -0.39 is 0 Å². The zero-order valence-corrected chi connectivity index (χ0v) is 5.90. The van der Waals surface area contributed by atoms with E-state index in [1.54, 1.807) is 18.7 Å². The van der Waals surface area contributed by atoms with Gasteiger partial charge in [0.15, 0.2) is 0 Å². The molecule has 1 aliphatic heterocycles. The molecule has 0 saturated carbocycles. The second kappa shape index (κ2) is 2.58. The van der Waals surface area contributed by atoms with Crippen LogP contribution in [0.4, 0.5) is 0 Å². The fourth-order valence-corrected chi connectivity index (χ4v) is 0.957. The molecule has 2 heteroatoms. The first-order chi connectivity index (χ1) is 5.47. The highest BCUT2D eigenvalue weighted by molar-refractivity contribution is 5.84. The van der Waals surface area contributed by atoms with Gasteiger partial charge < -0.3 is 4.74 Å². The van der Waals surface area contributed by atoms with Gasteiger partial charge in [0.25, 0.3) is 0 Å². The molecule has 2 nitrogen and oxygen atoms in total. The minimum absolute atomic E-state index is 0.852. The molecule has 0 aliphatic carbocycles. The van der Waals surface area contributed by atoms with Crippen molar-refractivity contribution >= 4 is 6.21 Å². The van der Waals surface area contributed by atoms with Crippen LogP contribution in [0.1, 0.15) is 5.56 Å².